The van der Waals surface area contributed by atoms with Crippen LogP contribution in [0.5, 0.6) is 0 Å². The minimum Gasteiger partial charge on any atom is -0.320 e. The topological polar surface area (TPSA) is 43.1 Å². The van der Waals surface area contributed by atoms with Crippen molar-refractivity contribution >= 4 is 18.0 Å². The Labute approximate surface area is 117 Å². The van der Waals surface area contributed by atoms with E-state index >= 15 is 0 Å². The van der Waals surface area contributed by atoms with E-state index in [4.69, 9.17) is 5.73 Å². The predicted molar refractivity (Wildman–Crippen MR) is 82.8 cm³/mol. The smallest absolute Gasteiger partial charge is 0.217 e. The van der Waals surface area contributed by atoms with E-state index in [0.29, 0.717) is 0 Å². The maximum Gasteiger partial charge on any atom is 0.217 e. The first-order valence-electron chi connectivity index (χ1n) is 7.52. The third-order valence-electron chi connectivity index (χ3n) is 3.09. The highest BCUT2D eigenvalue weighted by molar-refractivity contribution is 7.99. The normalized spacial score (nSPS) is 12.6. The molecule has 0 saturated heterocycles. The van der Waals surface area contributed by atoms with Gasteiger partial charge in [-0.3, -0.25) is 4.79 Å². The highest BCUT2D eigenvalue weighted by atomic mass is 32.2. The molecule has 0 spiro atoms. The molecular formula is C15H30NOS. The first-order valence-corrected chi connectivity index (χ1v) is 8.67. The van der Waals surface area contributed by atoms with Crippen molar-refractivity contribution in [3.05, 3.63) is 0 Å². The third kappa shape index (κ3) is 14.0. The Morgan fingerprint density at radius 3 is 1.94 bits per heavy atom. The summed E-state index contributed by atoms with van der Waals surface area (Å²) >= 11 is 1.78. The molecule has 0 amide bonds. The van der Waals surface area contributed by atoms with Crippen LogP contribution >= 0.6 is 11.8 Å². The fourth-order valence-electron chi connectivity index (χ4n) is 1.94. The van der Waals surface area contributed by atoms with Crippen LogP contribution in [0.1, 0.15) is 71.1 Å². The lowest BCUT2D eigenvalue weighted by molar-refractivity contribution is 0.546. The number of carbonyl (C=O) groups excluding carboxylic acids is 1. The summed E-state index contributed by atoms with van der Waals surface area (Å²) in [6.45, 7) is 2.26. The van der Waals surface area contributed by atoms with Gasteiger partial charge in [0.2, 0.25) is 6.29 Å². The molecule has 0 aliphatic heterocycles. The zero-order valence-electron chi connectivity index (χ0n) is 12.0. The third-order valence-corrected chi connectivity index (χ3v) is 4.26. The van der Waals surface area contributed by atoms with Crippen molar-refractivity contribution < 1.29 is 4.79 Å². The lowest BCUT2D eigenvalue weighted by Crippen LogP contribution is -2.24. The Balaban J connectivity index is 2.96. The van der Waals surface area contributed by atoms with Crippen LogP contribution in [0, 0.1) is 0 Å². The summed E-state index contributed by atoms with van der Waals surface area (Å²) < 4.78 is 0. The summed E-state index contributed by atoms with van der Waals surface area (Å²) in [6.07, 6.45) is 15.5. The van der Waals surface area contributed by atoms with Crippen LogP contribution in [0.15, 0.2) is 0 Å². The summed E-state index contributed by atoms with van der Waals surface area (Å²) in [6, 6.07) is -0.391. The molecule has 0 heterocycles. The molecule has 0 saturated carbocycles. The van der Waals surface area contributed by atoms with E-state index < -0.39 is 6.04 Å². The molecular weight excluding hydrogens is 242 g/mol. The standard InChI is InChI=1S/C15H30NOS/c1-2-3-4-5-6-7-8-9-10-11-12-18-14-15(16)13-17/h15H,2-12,14,16H2,1H3. The highest BCUT2D eigenvalue weighted by Crippen LogP contribution is 2.12. The Kier molecular flexibility index (Phi) is 15.0. The largest absolute Gasteiger partial charge is 0.320 e. The number of hydrogen-bond acceptors (Lipinski definition) is 3. The molecule has 1 atom stereocenters. The van der Waals surface area contributed by atoms with Crippen molar-refractivity contribution in [2.45, 2.75) is 77.2 Å². The lowest BCUT2D eigenvalue weighted by atomic mass is 10.1. The van der Waals surface area contributed by atoms with E-state index in [2.05, 4.69) is 6.92 Å². The van der Waals surface area contributed by atoms with E-state index in [-0.39, 0.29) is 0 Å². The van der Waals surface area contributed by atoms with Crippen molar-refractivity contribution in [2.75, 3.05) is 11.5 Å². The SMILES string of the molecule is CCCCCCCCCCCCSCC(N)[C]=O. The van der Waals surface area contributed by atoms with Gasteiger partial charge in [-0.15, -0.1) is 0 Å². The van der Waals surface area contributed by atoms with E-state index in [1.165, 1.54) is 64.2 Å². The maximum atomic E-state index is 10.2. The molecule has 0 bridgehead atoms. The Morgan fingerprint density at radius 2 is 1.44 bits per heavy atom. The van der Waals surface area contributed by atoms with Gasteiger partial charge in [-0.2, -0.15) is 11.8 Å². The van der Waals surface area contributed by atoms with Crippen LogP contribution < -0.4 is 5.73 Å². The zero-order valence-corrected chi connectivity index (χ0v) is 12.8. The van der Waals surface area contributed by atoms with Crippen molar-refractivity contribution in [3.8, 4) is 0 Å². The first-order chi connectivity index (χ1) is 8.81. The summed E-state index contributed by atoms with van der Waals surface area (Å²) in [5, 5.41) is 0. The van der Waals surface area contributed by atoms with Gasteiger partial charge in [-0.1, -0.05) is 64.7 Å². The second-order valence-corrected chi connectivity index (χ2v) is 6.13. The number of thioether (sulfide) groups is 1. The van der Waals surface area contributed by atoms with Gasteiger partial charge in [-0.05, 0) is 12.2 Å². The quantitative estimate of drug-likeness (QED) is 0.485. The number of unbranched alkanes of at least 4 members (excludes halogenated alkanes) is 9. The molecule has 0 fully saturated rings. The molecule has 107 valence electrons. The summed E-state index contributed by atoms with van der Waals surface area (Å²) in [4.78, 5) is 10.2. The molecule has 3 heteroatoms. The Hall–Kier alpha value is -0.0200. The monoisotopic (exact) mass is 272 g/mol. The zero-order chi connectivity index (χ0) is 13.5. The van der Waals surface area contributed by atoms with Gasteiger partial charge >= 0.3 is 0 Å². The van der Waals surface area contributed by atoms with Gasteiger partial charge in [0.05, 0.1) is 6.04 Å². The lowest BCUT2D eigenvalue weighted by Gasteiger charge is -2.04. The molecule has 2 N–H and O–H groups in total. The molecule has 0 rings (SSSR count). The second-order valence-electron chi connectivity index (χ2n) is 4.98. The van der Waals surface area contributed by atoms with Gasteiger partial charge in [0.1, 0.15) is 0 Å². The van der Waals surface area contributed by atoms with Gasteiger partial charge in [0, 0.05) is 5.75 Å². The molecule has 1 radical (unpaired) electrons. The molecule has 1 unspecified atom stereocenters. The summed E-state index contributed by atoms with van der Waals surface area (Å²) in [7, 11) is 0. The van der Waals surface area contributed by atoms with E-state index in [1.54, 1.807) is 11.8 Å². The highest BCUT2D eigenvalue weighted by Gasteiger charge is 2.00. The van der Waals surface area contributed by atoms with Crippen LogP contribution in [0.25, 0.3) is 0 Å². The average Bonchev–Trinajstić information content (AvgIpc) is 2.39. The fraction of sp³-hybridized carbons (Fsp3) is 0.933. The Bertz CT molecular complexity index is 176. The van der Waals surface area contributed by atoms with Gasteiger partial charge < -0.3 is 5.73 Å². The average molecular weight is 272 g/mol. The van der Waals surface area contributed by atoms with Gasteiger partial charge in [-0.25, -0.2) is 0 Å². The molecule has 0 aliphatic carbocycles. The van der Waals surface area contributed by atoms with Crippen LogP contribution in [-0.2, 0) is 4.79 Å². The number of hydrogen-bond donors (Lipinski definition) is 1. The summed E-state index contributed by atoms with van der Waals surface area (Å²) in [5.74, 6) is 1.85. The first kappa shape index (κ1) is 18.0. The van der Waals surface area contributed by atoms with Crippen LogP contribution in [-0.4, -0.2) is 23.8 Å². The summed E-state index contributed by atoms with van der Waals surface area (Å²) in [5.41, 5.74) is 5.46. The maximum absolute atomic E-state index is 10.2. The number of nitrogens with two attached hydrogens (primary N) is 1. The Morgan fingerprint density at radius 1 is 0.944 bits per heavy atom. The van der Waals surface area contributed by atoms with E-state index in [1.807, 2.05) is 6.29 Å². The minimum absolute atomic E-state index is 0.391. The molecule has 0 aromatic carbocycles. The van der Waals surface area contributed by atoms with Crippen LogP contribution in [0.3, 0.4) is 0 Å². The van der Waals surface area contributed by atoms with Crippen molar-refractivity contribution in [1.82, 2.24) is 0 Å². The molecule has 2 nitrogen and oxygen atoms in total. The van der Waals surface area contributed by atoms with Gasteiger partial charge in [0.25, 0.3) is 0 Å². The van der Waals surface area contributed by atoms with E-state index in [9.17, 15) is 4.79 Å². The van der Waals surface area contributed by atoms with Crippen molar-refractivity contribution in [3.63, 3.8) is 0 Å². The van der Waals surface area contributed by atoms with Crippen molar-refractivity contribution in [1.29, 1.82) is 0 Å². The van der Waals surface area contributed by atoms with Crippen LogP contribution in [0.4, 0.5) is 0 Å². The van der Waals surface area contributed by atoms with Crippen molar-refractivity contribution in [2.24, 2.45) is 5.73 Å². The van der Waals surface area contributed by atoms with Gasteiger partial charge in [0.15, 0.2) is 0 Å². The van der Waals surface area contributed by atoms with Crippen LogP contribution in [0.2, 0.25) is 0 Å². The fourth-order valence-corrected chi connectivity index (χ4v) is 2.83. The number of rotatable bonds is 14. The molecule has 0 aromatic rings. The molecule has 18 heavy (non-hydrogen) atoms. The van der Waals surface area contributed by atoms with E-state index in [0.717, 1.165) is 11.5 Å². The minimum atomic E-state index is -0.391. The molecule has 0 aliphatic rings. The molecule has 0 aromatic heterocycles. The predicted octanol–water partition coefficient (Wildman–Crippen LogP) is 4.08. The second kappa shape index (κ2) is 15.0.